The van der Waals surface area contributed by atoms with Gasteiger partial charge < -0.3 is 4.90 Å². The number of rotatable bonds is 3. The minimum Gasteiger partial charge on any atom is -0.341 e. The number of hydrogen-bond acceptors (Lipinski definition) is 3. The highest BCUT2D eigenvalue weighted by molar-refractivity contribution is 7.89. The molecule has 1 aliphatic heterocycles. The lowest BCUT2D eigenvalue weighted by Gasteiger charge is -2.32. The molecule has 0 saturated carbocycles. The third kappa shape index (κ3) is 2.42. The quantitative estimate of drug-likeness (QED) is 0.853. The van der Waals surface area contributed by atoms with Crippen molar-refractivity contribution in [1.29, 1.82) is 0 Å². The fourth-order valence-corrected chi connectivity index (χ4v) is 4.34. The van der Waals surface area contributed by atoms with E-state index in [1.54, 1.807) is 32.2 Å². The zero-order valence-corrected chi connectivity index (χ0v) is 13.7. The molecule has 0 saturated heterocycles. The van der Waals surface area contributed by atoms with E-state index in [1.165, 1.54) is 11.0 Å². The number of benzene rings is 1. The fraction of sp³-hybridized carbons (Fsp3) is 0.357. The summed E-state index contributed by atoms with van der Waals surface area (Å²) in [5.41, 5.74) is 0.388. The van der Waals surface area contributed by atoms with Crippen LogP contribution in [0.4, 0.5) is 0 Å². The van der Waals surface area contributed by atoms with Crippen LogP contribution in [0.1, 0.15) is 19.4 Å². The van der Waals surface area contributed by atoms with Crippen LogP contribution in [0.2, 0.25) is 0 Å². The minimum absolute atomic E-state index is 0.0159. The Morgan fingerprint density at radius 3 is 2.48 bits per heavy atom. The molecule has 0 spiro atoms. The molecule has 0 fully saturated rings. The van der Waals surface area contributed by atoms with Gasteiger partial charge in [0.1, 0.15) is 5.70 Å². The van der Waals surface area contributed by atoms with Crippen molar-refractivity contribution in [1.82, 2.24) is 9.21 Å². The first-order valence-electron chi connectivity index (χ1n) is 6.63. The van der Waals surface area contributed by atoms with Crippen LogP contribution in [-0.4, -0.2) is 43.7 Å². The van der Waals surface area contributed by atoms with Crippen LogP contribution in [0.3, 0.4) is 0 Å². The first-order valence-corrected chi connectivity index (χ1v) is 8.45. The molecule has 114 valence electrons. The zero-order chi connectivity index (χ0) is 15.8. The Labute approximate surface area is 129 Å². The highest BCUT2D eigenvalue weighted by Gasteiger charge is 2.39. The molecule has 21 heavy (non-hydrogen) atoms. The second-order valence-corrected chi connectivity index (χ2v) is 6.86. The van der Waals surface area contributed by atoms with E-state index in [4.69, 9.17) is 11.6 Å². The van der Waals surface area contributed by atoms with Gasteiger partial charge in [-0.05, 0) is 19.9 Å². The lowest BCUT2D eigenvalue weighted by molar-refractivity contribution is -0.126. The van der Waals surface area contributed by atoms with Gasteiger partial charge in [-0.2, -0.15) is 0 Å². The Morgan fingerprint density at radius 2 is 1.90 bits per heavy atom. The molecular weight excluding hydrogens is 312 g/mol. The second kappa shape index (κ2) is 5.69. The summed E-state index contributed by atoms with van der Waals surface area (Å²) in [6.45, 7) is 4.10. The summed E-state index contributed by atoms with van der Waals surface area (Å²) in [6.07, 6.45) is 0. The topological polar surface area (TPSA) is 57.7 Å². The van der Waals surface area contributed by atoms with Crippen molar-refractivity contribution >= 4 is 32.6 Å². The molecule has 1 amide bonds. The van der Waals surface area contributed by atoms with Gasteiger partial charge >= 0.3 is 0 Å². The molecule has 1 heterocycles. The highest BCUT2D eigenvalue weighted by atomic mass is 35.5. The molecular formula is C14H17ClN2O3S. The molecule has 0 atom stereocenters. The van der Waals surface area contributed by atoms with Crippen LogP contribution < -0.4 is 0 Å². The number of halogens is 1. The Balaban J connectivity index is 2.75. The van der Waals surface area contributed by atoms with Gasteiger partial charge in [-0.15, -0.1) is 0 Å². The molecule has 0 aromatic heterocycles. The molecule has 1 aromatic rings. The van der Waals surface area contributed by atoms with Crippen LogP contribution in [0.25, 0.3) is 5.03 Å². The van der Waals surface area contributed by atoms with E-state index in [0.717, 1.165) is 4.31 Å². The summed E-state index contributed by atoms with van der Waals surface area (Å²) in [5, 5.41) is 0.174. The molecule has 0 N–H and O–H groups in total. The van der Waals surface area contributed by atoms with E-state index < -0.39 is 15.9 Å². The largest absolute Gasteiger partial charge is 0.341 e. The molecule has 1 aromatic carbocycles. The number of sulfonamides is 1. The van der Waals surface area contributed by atoms with E-state index >= 15 is 0 Å². The fourth-order valence-electron chi connectivity index (χ4n) is 2.20. The summed E-state index contributed by atoms with van der Waals surface area (Å²) >= 11 is 6.34. The monoisotopic (exact) mass is 328 g/mol. The van der Waals surface area contributed by atoms with Gasteiger partial charge in [-0.1, -0.05) is 29.8 Å². The Bertz CT molecular complexity index is 713. The van der Waals surface area contributed by atoms with Gasteiger partial charge in [0, 0.05) is 25.7 Å². The summed E-state index contributed by atoms with van der Waals surface area (Å²) in [6, 6.07) is 6.45. The van der Waals surface area contributed by atoms with E-state index in [9.17, 15) is 13.2 Å². The van der Waals surface area contributed by atoms with Crippen LogP contribution in [-0.2, 0) is 14.8 Å². The lowest BCUT2D eigenvalue weighted by Crippen LogP contribution is -2.42. The molecule has 7 heteroatoms. The van der Waals surface area contributed by atoms with E-state index in [-0.39, 0.29) is 22.2 Å². The van der Waals surface area contributed by atoms with Gasteiger partial charge in [0.15, 0.2) is 0 Å². The summed E-state index contributed by atoms with van der Waals surface area (Å²) in [5.74, 6) is -0.401. The van der Waals surface area contributed by atoms with Crippen LogP contribution in [0, 0.1) is 0 Å². The predicted octanol–water partition coefficient (Wildman–Crippen LogP) is 2.10. The number of hydrogen-bond donors (Lipinski definition) is 0. The number of carbonyl (C=O) groups excluding carboxylic acids is 1. The van der Waals surface area contributed by atoms with Gasteiger partial charge in [-0.3, -0.25) is 9.10 Å². The second-order valence-electron chi connectivity index (χ2n) is 4.65. The smallest absolute Gasteiger partial charge is 0.272 e. The maximum absolute atomic E-state index is 12.7. The Hall–Kier alpha value is -1.53. The minimum atomic E-state index is -3.76. The average Bonchev–Trinajstić information content (AvgIpc) is 2.49. The normalized spacial score (nSPS) is 16.7. The van der Waals surface area contributed by atoms with Crippen molar-refractivity contribution < 1.29 is 13.2 Å². The van der Waals surface area contributed by atoms with Gasteiger partial charge in [0.25, 0.3) is 15.9 Å². The molecule has 1 aliphatic rings. The van der Waals surface area contributed by atoms with Crippen LogP contribution in [0.15, 0.2) is 34.9 Å². The van der Waals surface area contributed by atoms with Crippen molar-refractivity contribution in [2.45, 2.75) is 18.7 Å². The highest BCUT2D eigenvalue weighted by Crippen LogP contribution is 2.39. The Kier molecular flexibility index (Phi) is 4.30. The van der Waals surface area contributed by atoms with Crippen molar-refractivity contribution in [2.24, 2.45) is 0 Å². The molecule has 0 bridgehead atoms. The van der Waals surface area contributed by atoms with Crippen molar-refractivity contribution in [3.05, 3.63) is 35.5 Å². The lowest BCUT2D eigenvalue weighted by atomic mass is 10.1. The van der Waals surface area contributed by atoms with E-state index in [0.29, 0.717) is 12.1 Å². The maximum Gasteiger partial charge on any atom is 0.272 e. The summed E-state index contributed by atoms with van der Waals surface area (Å²) < 4.78 is 26.4. The molecule has 2 rings (SSSR count). The predicted molar refractivity (Wildman–Crippen MR) is 82.1 cm³/mol. The van der Waals surface area contributed by atoms with Gasteiger partial charge in [0.05, 0.1) is 9.93 Å². The zero-order valence-electron chi connectivity index (χ0n) is 12.1. The molecule has 5 nitrogen and oxygen atoms in total. The van der Waals surface area contributed by atoms with Crippen molar-refractivity contribution in [2.75, 3.05) is 20.1 Å². The van der Waals surface area contributed by atoms with Crippen molar-refractivity contribution in [3.8, 4) is 0 Å². The molecule has 0 aliphatic carbocycles. The summed E-state index contributed by atoms with van der Waals surface area (Å²) in [4.78, 5) is 14.1. The number of nitrogens with zero attached hydrogens (tertiary/aromatic N) is 2. The van der Waals surface area contributed by atoms with E-state index in [2.05, 4.69) is 0 Å². The van der Waals surface area contributed by atoms with Crippen LogP contribution in [0.5, 0.6) is 0 Å². The third-order valence-electron chi connectivity index (χ3n) is 3.46. The first kappa shape index (κ1) is 15.9. The molecule has 0 unspecified atom stereocenters. The van der Waals surface area contributed by atoms with Crippen molar-refractivity contribution in [3.63, 3.8) is 0 Å². The van der Waals surface area contributed by atoms with Crippen LogP contribution >= 0.6 is 11.6 Å². The van der Waals surface area contributed by atoms with Gasteiger partial charge in [-0.25, -0.2) is 8.42 Å². The maximum atomic E-state index is 12.7. The number of carbonyl (C=O) groups is 1. The first-order chi connectivity index (χ1) is 9.86. The Morgan fingerprint density at radius 1 is 1.29 bits per heavy atom. The SMILES string of the molecule is CCN(C)C(=O)C1=C(Cl)c2ccccc2S(=O)(=O)N1CC. The van der Waals surface area contributed by atoms with Gasteiger partial charge in [0.2, 0.25) is 0 Å². The average molecular weight is 329 g/mol. The standard InChI is InChI=1S/C14H17ClN2O3S/c1-4-16(3)14(18)13-12(15)10-8-6-7-9-11(10)21(19,20)17(13)5-2/h6-9H,4-5H2,1-3H3. The summed E-state index contributed by atoms with van der Waals surface area (Å²) in [7, 11) is -2.15. The number of fused-ring (bicyclic) bond motifs is 1. The number of likely N-dealkylation sites (N-methyl/N-ethyl adjacent to an activating group) is 2. The van der Waals surface area contributed by atoms with E-state index in [1.807, 2.05) is 6.92 Å². The molecule has 0 radical (unpaired) electrons. The number of amides is 1. The third-order valence-corrected chi connectivity index (χ3v) is 5.78.